The Morgan fingerprint density at radius 1 is 0.909 bits per heavy atom. The number of hydrogen-bond acceptors (Lipinski definition) is 6. The van der Waals surface area contributed by atoms with Crippen molar-refractivity contribution in [3.05, 3.63) is 90.0 Å². The minimum absolute atomic E-state index is 0.0683. The number of ether oxygens (including phenoxy) is 1. The largest absolute Gasteiger partial charge is 0.497 e. The number of benzene rings is 3. The van der Waals surface area contributed by atoms with Crippen molar-refractivity contribution in [2.24, 2.45) is 5.92 Å². The van der Waals surface area contributed by atoms with Crippen LogP contribution in [0.2, 0.25) is 0 Å². The highest BCUT2D eigenvalue weighted by atomic mass is 16.7. The molecule has 2 fully saturated rings. The van der Waals surface area contributed by atoms with Gasteiger partial charge in [-0.25, -0.2) is 14.8 Å². The van der Waals surface area contributed by atoms with E-state index in [9.17, 15) is 14.4 Å². The van der Waals surface area contributed by atoms with E-state index in [0.717, 1.165) is 16.2 Å². The molecule has 2 amide bonds. The van der Waals surface area contributed by atoms with Crippen LogP contribution in [0.15, 0.2) is 78.9 Å². The molecule has 3 atom stereocenters. The van der Waals surface area contributed by atoms with E-state index in [1.807, 2.05) is 54.6 Å². The van der Waals surface area contributed by atoms with Gasteiger partial charge in [-0.05, 0) is 54.1 Å². The van der Waals surface area contributed by atoms with Gasteiger partial charge in [0.05, 0.1) is 30.1 Å². The lowest BCUT2D eigenvalue weighted by atomic mass is 9.90. The number of fused-ring (bicyclic) bond motifs is 1. The summed E-state index contributed by atoms with van der Waals surface area (Å²) in [7, 11) is 1.56. The summed E-state index contributed by atoms with van der Waals surface area (Å²) in [4.78, 5) is 45.2. The number of methoxy groups -OCH3 is 1. The van der Waals surface area contributed by atoms with Gasteiger partial charge in [0, 0.05) is 0 Å². The number of anilines is 2. The Morgan fingerprint density at radius 2 is 1.64 bits per heavy atom. The second-order valence-corrected chi connectivity index (χ2v) is 7.80. The van der Waals surface area contributed by atoms with Crippen molar-refractivity contribution in [3.8, 4) is 5.75 Å². The molecule has 8 nitrogen and oxygen atoms in total. The summed E-state index contributed by atoms with van der Waals surface area (Å²) in [6, 6.07) is 21.7. The number of amides is 2. The van der Waals surface area contributed by atoms with Crippen LogP contribution in [0.1, 0.15) is 22.0 Å². The monoisotopic (exact) mass is 444 g/mol. The molecular formula is C25H20N2O6. The smallest absolute Gasteiger partial charge is 0.335 e. The summed E-state index contributed by atoms with van der Waals surface area (Å²) in [5.41, 5.74) is 1.87. The third kappa shape index (κ3) is 3.41. The summed E-state index contributed by atoms with van der Waals surface area (Å²) < 4.78 is 5.37. The fraction of sp³-hybridized carbons (Fsp3) is 0.160. The number of hydroxylamine groups is 1. The Bertz CT molecular complexity index is 1230. The summed E-state index contributed by atoms with van der Waals surface area (Å²) in [5, 5.41) is 10.7. The lowest BCUT2D eigenvalue weighted by Crippen LogP contribution is -2.37. The fourth-order valence-electron chi connectivity index (χ4n) is 4.39. The molecule has 166 valence electrons. The van der Waals surface area contributed by atoms with Gasteiger partial charge in [0.2, 0.25) is 5.91 Å². The van der Waals surface area contributed by atoms with Crippen molar-refractivity contribution < 1.29 is 29.1 Å². The lowest BCUT2D eigenvalue weighted by Gasteiger charge is -2.29. The first-order chi connectivity index (χ1) is 16.0. The molecule has 2 heterocycles. The highest BCUT2D eigenvalue weighted by molar-refractivity contribution is 6.24. The predicted octanol–water partition coefficient (Wildman–Crippen LogP) is 3.44. The zero-order valence-corrected chi connectivity index (χ0v) is 17.6. The second kappa shape index (κ2) is 8.07. The SMILES string of the molecule is COc1cccc([C@H]2[C@@H]3C(=O)N(c4ccc(C(=O)O)cc4)C(=O)[C@@H]3ON2c2ccccc2)c1. The summed E-state index contributed by atoms with van der Waals surface area (Å²) >= 11 is 0. The molecule has 3 aromatic rings. The second-order valence-electron chi connectivity index (χ2n) is 7.80. The maximum Gasteiger partial charge on any atom is 0.335 e. The van der Waals surface area contributed by atoms with Crippen molar-refractivity contribution in [2.75, 3.05) is 17.1 Å². The molecule has 3 aromatic carbocycles. The molecule has 0 radical (unpaired) electrons. The standard InChI is InChI=1S/C25H20N2O6/c1-32-19-9-5-6-16(14-19)21-20-22(33-27(21)18-7-3-2-4-8-18)24(29)26(23(20)28)17-12-10-15(11-13-17)25(30)31/h2-14,20-22H,1H3,(H,30,31)/t20-,21-,22+/m0/s1. The van der Waals surface area contributed by atoms with Gasteiger partial charge in [-0.15, -0.1) is 0 Å². The number of carboxylic acid groups (broad SMARTS) is 1. The molecular weight excluding hydrogens is 424 g/mol. The molecule has 2 aliphatic rings. The molecule has 33 heavy (non-hydrogen) atoms. The van der Waals surface area contributed by atoms with E-state index in [1.54, 1.807) is 12.2 Å². The van der Waals surface area contributed by atoms with E-state index in [1.165, 1.54) is 24.3 Å². The van der Waals surface area contributed by atoms with Gasteiger partial charge in [-0.3, -0.25) is 14.4 Å². The van der Waals surface area contributed by atoms with Crippen LogP contribution in [-0.2, 0) is 14.4 Å². The van der Waals surface area contributed by atoms with E-state index >= 15 is 0 Å². The van der Waals surface area contributed by atoms with Gasteiger partial charge < -0.3 is 9.84 Å². The van der Waals surface area contributed by atoms with Gasteiger partial charge >= 0.3 is 5.97 Å². The zero-order valence-electron chi connectivity index (χ0n) is 17.6. The highest BCUT2D eigenvalue weighted by Gasteiger charge is 2.60. The number of aromatic carboxylic acids is 1. The van der Waals surface area contributed by atoms with E-state index in [2.05, 4.69) is 0 Å². The fourth-order valence-corrected chi connectivity index (χ4v) is 4.39. The van der Waals surface area contributed by atoms with Crippen molar-refractivity contribution >= 4 is 29.2 Å². The van der Waals surface area contributed by atoms with Crippen LogP contribution < -0.4 is 14.7 Å². The topological polar surface area (TPSA) is 96.4 Å². The van der Waals surface area contributed by atoms with Gasteiger partial charge in [0.1, 0.15) is 11.7 Å². The maximum atomic E-state index is 13.6. The van der Waals surface area contributed by atoms with Crippen molar-refractivity contribution in [3.63, 3.8) is 0 Å². The molecule has 5 rings (SSSR count). The zero-order chi connectivity index (χ0) is 23.1. The lowest BCUT2D eigenvalue weighted by molar-refractivity contribution is -0.126. The van der Waals surface area contributed by atoms with Gasteiger partial charge in [0.15, 0.2) is 6.10 Å². The van der Waals surface area contributed by atoms with Crippen LogP contribution in [0, 0.1) is 5.92 Å². The Labute approximate surface area is 189 Å². The van der Waals surface area contributed by atoms with E-state index < -0.39 is 35.8 Å². The normalized spacial score (nSPS) is 21.9. The third-order valence-corrected chi connectivity index (χ3v) is 5.93. The summed E-state index contributed by atoms with van der Waals surface area (Å²) in [6.07, 6.45) is -1.01. The molecule has 2 aliphatic heterocycles. The Hall–Kier alpha value is -4.17. The number of carbonyl (C=O) groups is 3. The van der Waals surface area contributed by atoms with Crippen molar-refractivity contribution in [2.45, 2.75) is 12.1 Å². The minimum atomic E-state index is -1.09. The predicted molar refractivity (Wildman–Crippen MR) is 119 cm³/mol. The minimum Gasteiger partial charge on any atom is -0.497 e. The number of hydrogen-bond donors (Lipinski definition) is 1. The molecule has 0 spiro atoms. The first kappa shape index (κ1) is 20.7. The number of carbonyl (C=O) groups excluding carboxylic acids is 2. The highest BCUT2D eigenvalue weighted by Crippen LogP contribution is 2.47. The van der Waals surface area contributed by atoms with E-state index in [-0.39, 0.29) is 5.56 Å². The van der Waals surface area contributed by atoms with Crippen LogP contribution in [-0.4, -0.2) is 36.1 Å². The first-order valence-electron chi connectivity index (χ1n) is 10.4. The van der Waals surface area contributed by atoms with Gasteiger partial charge in [0.25, 0.3) is 5.91 Å². The summed E-state index contributed by atoms with van der Waals surface area (Å²) in [5.74, 6) is -2.14. The van der Waals surface area contributed by atoms with Crippen molar-refractivity contribution in [1.29, 1.82) is 0 Å². The van der Waals surface area contributed by atoms with Crippen LogP contribution >= 0.6 is 0 Å². The summed E-state index contributed by atoms with van der Waals surface area (Å²) in [6.45, 7) is 0. The van der Waals surface area contributed by atoms with E-state index in [4.69, 9.17) is 14.7 Å². The molecule has 0 aromatic heterocycles. The van der Waals surface area contributed by atoms with Gasteiger partial charge in [-0.2, -0.15) is 0 Å². The van der Waals surface area contributed by atoms with Crippen LogP contribution in [0.4, 0.5) is 11.4 Å². The molecule has 2 saturated heterocycles. The first-order valence-corrected chi connectivity index (χ1v) is 10.4. The molecule has 0 bridgehead atoms. The molecule has 0 unspecified atom stereocenters. The molecule has 8 heteroatoms. The quantitative estimate of drug-likeness (QED) is 0.602. The Balaban J connectivity index is 1.56. The van der Waals surface area contributed by atoms with E-state index in [0.29, 0.717) is 11.4 Å². The number of rotatable bonds is 5. The average molecular weight is 444 g/mol. The number of para-hydroxylation sites is 1. The number of nitrogens with zero attached hydrogens (tertiary/aromatic N) is 2. The number of carboxylic acids is 1. The van der Waals surface area contributed by atoms with Crippen LogP contribution in [0.3, 0.4) is 0 Å². The van der Waals surface area contributed by atoms with Crippen molar-refractivity contribution in [1.82, 2.24) is 0 Å². The van der Waals surface area contributed by atoms with Gasteiger partial charge in [-0.1, -0.05) is 30.3 Å². The third-order valence-electron chi connectivity index (χ3n) is 5.93. The Kier molecular flexibility index (Phi) is 5.07. The molecule has 0 aliphatic carbocycles. The maximum absolute atomic E-state index is 13.6. The molecule has 1 N–H and O–H groups in total. The Morgan fingerprint density at radius 3 is 2.30 bits per heavy atom. The van der Waals surface area contributed by atoms with Crippen LogP contribution in [0.5, 0.6) is 5.75 Å². The molecule has 0 saturated carbocycles. The van der Waals surface area contributed by atoms with Crippen LogP contribution in [0.25, 0.3) is 0 Å². The average Bonchev–Trinajstić information content (AvgIpc) is 3.35. The number of imide groups is 1.